The van der Waals surface area contributed by atoms with Crippen LogP contribution in [0.25, 0.3) is 0 Å². The zero-order valence-corrected chi connectivity index (χ0v) is 14.0. The Morgan fingerprint density at radius 3 is 2.75 bits per heavy atom. The Hall–Kier alpha value is -1.04. The highest BCUT2D eigenvalue weighted by Crippen LogP contribution is 2.37. The Balaban J connectivity index is 2.20. The third-order valence-electron chi connectivity index (χ3n) is 2.71. The van der Waals surface area contributed by atoms with Gasteiger partial charge in [-0.3, -0.25) is 0 Å². The molecule has 0 aliphatic carbocycles. The zero-order chi connectivity index (χ0) is 14.4. The predicted octanol–water partition coefficient (Wildman–Crippen LogP) is 4.21. The average Bonchev–Trinajstić information content (AvgIpc) is 2.92. The summed E-state index contributed by atoms with van der Waals surface area (Å²) in [5.74, 6) is 1.54. The van der Waals surface area contributed by atoms with Crippen LogP contribution >= 0.6 is 27.3 Å². The Morgan fingerprint density at radius 2 is 2.10 bits per heavy atom. The van der Waals surface area contributed by atoms with Gasteiger partial charge in [0.15, 0.2) is 11.5 Å². The van der Waals surface area contributed by atoms with Crippen molar-refractivity contribution < 1.29 is 9.47 Å². The third-order valence-corrected chi connectivity index (χ3v) is 4.03. The van der Waals surface area contributed by atoms with Crippen molar-refractivity contribution in [3.8, 4) is 11.5 Å². The van der Waals surface area contributed by atoms with E-state index in [0.29, 0.717) is 13.2 Å². The van der Waals surface area contributed by atoms with Gasteiger partial charge in [-0.25, -0.2) is 0 Å². The second-order valence-corrected chi connectivity index (χ2v) is 5.92. The number of hydrogen-bond donors (Lipinski definition) is 1. The molecular formula is C15H18BrNO2S. The molecule has 0 saturated heterocycles. The van der Waals surface area contributed by atoms with Crippen LogP contribution in [0.4, 0.5) is 0 Å². The molecule has 0 unspecified atom stereocenters. The van der Waals surface area contributed by atoms with Crippen molar-refractivity contribution in [3.05, 3.63) is 44.6 Å². The van der Waals surface area contributed by atoms with Gasteiger partial charge < -0.3 is 14.8 Å². The summed E-state index contributed by atoms with van der Waals surface area (Å²) in [7, 11) is 1.93. The molecule has 0 atom stereocenters. The first-order valence-corrected chi connectivity index (χ1v) is 8.21. The number of benzene rings is 1. The van der Waals surface area contributed by atoms with Crippen molar-refractivity contribution >= 4 is 27.3 Å². The number of hydrogen-bond acceptors (Lipinski definition) is 4. The maximum Gasteiger partial charge on any atom is 0.175 e. The normalized spacial score (nSPS) is 10.6. The maximum absolute atomic E-state index is 5.91. The van der Waals surface area contributed by atoms with Crippen LogP contribution in [0, 0.1) is 0 Å². The minimum Gasteiger partial charge on any atom is -0.490 e. The van der Waals surface area contributed by atoms with Gasteiger partial charge in [-0.1, -0.05) is 0 Å². The highest BCUT2D eigenvalue weighted by atomic mass is 79.9. The quantitative estimate of drug-likeness (QED) is 0.806. The van der Waals surface area contributed by atoms with Gasteiger partial charge >= 0.3 is 0 Å². The van der Waals surface area contributed by atoms with Crippen molar-refractivity contribution in [1.29, 1.82) is 0 Å². The second kappa shape index (κ2) is 7.67. The van der Waals surface area contributed by atoms with E-state index in [-0.39, 0.29) is 0 Å². The molecule has 1 heterocycles. The van der Waals surface area contributed by atoms with E-state index in [1.807, 2.05) is 25.4 Å². The third kappa shape index (κ3) is 3.98. The van der Waals surface area contributed by atoms with Crippen LogP contribution in [0.1, 0.15) is 18.1 Å². The van der Waals surface area contributed by atoms with Crippen LogP contribution in [-0.2, 0) is 13.2 Å². The Kier molecular flexibility index (Phi) is 5.88. The molecule has 5 heteroatoms. The number of nitrogens with one attached hydrogen (secondary N) is 1. The molecule has 0 spiro atoms. The molecule has 20 heavy (non-hydrogen) atoms. The lowest BCUT2D eigenvalue weighted by atomic mass is 10.2. The summed E-state index contributed by atoms with van der Waals surface area (Å²) in [6.07, 6.45) is 0. The standard InChI is InChI=1S/C15H18BrNO2S/c1-3-18-14-7-12(8-17-2)6-13(16)15(14)19-9-11-4-5-20-10-11/h4-7,10,17H,3,8-9H2,1-2H3. The molecule has 0 saturated carbocycles. The Bertz CT molecular complexity index is 543. The van der Waals surface area contributed by atoms with Crippen LogP contribution in [-0.4, -0.2) is 13.7 Å². The minimum atomic E-state index is 0.549. The first-order valence-electron chi connectivity index (χ1n) is 6.48. The summed E-state index contributed by atoms with van der Waals surface area (Å²) in [6, 6.07) is 6.14. The molecular weight excluding hydrogens is 338 g/mol. The maximum atomic E-state index is 5.91. The summed E-state index contributed by atoms with van der Waals surface area (Å²) in [4.78, 5) is 0. The molecule has 0 aliphatic heterocycles. The fourth-order valence-electron chi connectivity index (χ4n) is 1.86. The Labute approximate surface area is 132 Å². The molecule has 1 aromatic heterocycles. The lowest BCUT2D eigenvalue weighted by Crippen LogP contribution is -2.06. The molecule has 0 radical (unpaired) electrons. The number of thiophene rings is 1. The van der Waals surface area contributed by atoms with E-state index in [4.69, 9.17) is 9.47 Å². The molecule has 3 nitrogen and oxygen atoms in total. The summed E-state index contributed by atoms with van der Waals surface area (Å²) >= 11 is 5.24. The molecule has 0 fully saturated rings. The van der Waals surface area contributed by atoms with E-state index in [9.17, 15) is 0 Å². The second-order valence-electron chi connectivity index (χ2n) is 4.29. The van der Waals surface area contributed by atoms with Gasteiger partial charge in [0.25, 0.3) is 0 Å². The fourth-order valence-corrected chi connectivity index (χ4v) is 3.12. The number of rotatable bonds is 7. The molecule has 0 bridgehead atoms. The minimum absolute atomic E-state index is 0.549. The summed E-state index contributed by atoms with van der Waals surface area (Å²) in [5, 5.41) is 7.27. The molecule has 2 aromatic rings. The van der Waals surface area contributed by atoms with Crippen LogP contribution in [0.3, 0.4) is 0 Å². The van der Waals surface area contributed by atoms with Crippen LogP contribution in [0.5, 0.6) is 11.5 Å². The SMILES string of the molecule is CCOc1cc(CNC)cc(Br)c1OCc1ccsc1. The van der Waals surface area contributed by atoms with E-state index in [1.165, 1.54) is 5.56 Å². The molecule has 1 N–H and O–H groups in total. The van der Waals surface area contributed by atoms with E-state index >= 15 is 0 Å². The summed E-state index contributed by atoms with van der Waals surface area (Å²) in [6.45, 7) is 3.93. The lowest BCUT2D eigenvalue weighted by molar-refractivity contribution is 0.267. The number of halogens is 1. The van der Waals surface area contributed by atoms with Gasteiger partial charge in [0.05, 0.1) is 11.1 Å². The average molecular weight is 356 g/mol. The molecule has 0 aliphatic rings. The molecule has 0 amide bonds. The van der Waals surface area contributed by atoms with Crippen LogP contribution in [0.2, 0.25) is 0 Å². The van der Waals surface area contributed by atoms with Gasteiger partial charge in [0.1, 0.15) is 6.61 Å². The van der Waals surface area contributed by atoms with Crippen LogP contribution < -0.4 is 14.8 Å². The van der Waals surface area contributed by atoms with Crippen molar-refractivity contribution in [2.24, 2.45) is 0 Å². The Morgan fingerprint density at radius 1 is 1.25 bits per heavy atom. The van der Waals surface area contributed by atoms with E-state index < -0.39 is 0 Å². The van der Waals surface area contributed by atoms with Crippen LogP contribution in [0.15, 0.2) is 33.4 Å². The van der Waals surface area contributed by atoms with E-state index in [2.05, 4.69) is 38.8 Å². The first-order chi connectivity index (χ1) is 9.74. The molecule has 108 valence electrons. The van der Waals surface area contributed by atoms with Crippen molar-refractivity contribution in [2.75, 3.05) is 13.7 Å². The van der Waals surface area contributed by atoms with Gasteiger partial charge in [-0.15, -0.1) is 0 Å². The summed E-state index contributed by atoms with van der Waals surface area (Å²) in [5.41, 5.74) is 2.33. The summed E-state index contributed by atoms with van der Waals surface area (Å²) < 4.78 is 12.5. The predicted molar refractivity (Wildman–Crippen MR) is 86.7 cm³/mol. The first kappa shape index (κ1) is 15.4. The van der Waals surface area contributed by atoms with Gasteiger partial charge in [-0.05, 0) is 70.0 Å². The fraction of sp³-hybridized carbons (Fsp3) is 0.333. The smallest absolute Gasteiger partial charge is 0.175 e. The van der Waals surface area contributed by atoms with Crippen molar-refractivity contribution in [1.82, 2.24) is 5.32 Å². The van der Waals surface area contributed by atoms with Crippen molar-refractivity contribution in [3.63, 3.8) is 0 Å². The topological polar surface area (TPSA) is 30.5 Å². The molecule has 1 aromatic carbocycles. The largest absolute Gasteiger partial charge is 0.490 e. The van der Waals surface area contributed by atoms with E-state index in [1.54, 1.807) is 11.3 Å². The number of ether oxygens (including phenoxy) is 2. The lowest BCUT2D eigenvalue weighted by Gasteiger charge is -2.15. The van der Waals surface area contributed by atoms with Gasteiger partial charge in [0.2, 0.25) is 0 Å². The van der Waals surface area contributed by atoms with Crippen molar-refractivity contribution in [2.45, 2.75) is 20.1 Å². The highest BCUT2D eigenvalue weighted by Gasteiger charge is 2.12. The van der Waals surface area contributed by atoms with E-state index in [0.717, 1.165) is 28.1 Å². The van der Waals surface area contributed by atoms with Gasteiger partial charge in [0, 0.05) is 6.54 Å². The monoisotopic (exact) mass is 355 g/mol. The highest BCUT2D eigenvalue weighted by molar-refractivity contribution is 9.10. The zero-order valence-electron chi connectivity index (χ0n) is 11.6. The molecule has 2 rings (SSSR count). The van der Waals surface area contributed by atoms with Gasteiger partial charge in [-0.2, -0.15) is 11.3 Å².